The Morgan fingerprint density at radius 2 is 1.64 bits per heavy atom. The molecule has 2 aromatic carbocycles. The van der Waals surface area contributed by atoms with Crippen LogP contribution in [0.2, 0.25) is 0 Å². The largest absolute Gasteiger partial charge is 0.469 e. The minimum Gasteiger partial charge on any atom is -0.469 e. The maximum absolute atomic E-state index is 14.4. The molecule has 0 radical (unpaired) electrons. The third-order valence-corrected chi connectivity index (χ3v) is 8.86. The molecule has 2 fully saturated rings. The molecule has 1 unspecified atom stereocenters. The molecule has 2 heterocycles. The summed E-state index contributed by atoms with van der Waals surface area (Å²) < 4.78 is 55.5. The van der Waals surface area contributed by atoms with E-state index in [1.54, 1.807) is 12.1 Å². The van der Waals surface area contributed by atoms with E-state index in [4.69, 9.17) is 14.2 Å². The summed E-state index contributed by atoms with van der Waals surface area (Å²) in [7, 11) is 1.13. The van der Waals surface area contributed by atoms with Crippen LogP contribution in [-0.2, 0) is 52.6 Å². The molecule has 13 heteroatoms. The lowest BCUT2D eigenvalue weighted by Gasteiger charge is -2.40. The van der Waals surface area contributed by atoms with Gasteiger partial charge in [-0.1, -0.05) is 42.5 Å². The zero-order valence-corrected chi connectivity index (χ0v) is 26.6. The molecule has 2 aliphatic heterocycles. The smallest absolute Gasteiger partial charge is 0.416 e. The molecule has 47 heavy (non-hydrogen) atoms. The summed E-state index contributed by atoms with van der Waals surface area (Å²) in [5, 5.41) is 0. The van der Waals surface area contributed by atoms with E-state index in [1.807, 2.05) is 18.2 Å². The molecule has 10 nitrogen and oxygen atoms in total. The predicted octanol–water partition coefficient (Wildman–Crippen LogP) is 5.11. The van der Waals surface area contributed by atoms with Crippen molar-refractivity contribution in [3.05, 3.63) is 71.3 Å². The summed E-state index contributed by atoms with van der Waals surface area (Å²) in [5.41, 5.74) is -1.27. The second kappa shape index (κ2) is 15.0. The van der Waals surface area contributed by atoms with Gasteiger partial charge in [-0.2, -0.15) is 13.2 Å². The van der Waals surface area contributed by atoms with Crippen LogP contribution in [0.5, 0.6) is 0 Å². The zero-order valence-electron chi connectivity index (χ0n) is 26.6. The highest BCUT2D eigenvalue weighted by Crippen LogP contribution is 2.39. The first kappa shape index (κ1) is 35.4. The minimum absolute atomic E-state index is 0.00653. The Bertz CT molecular complexity index is 1450. The van der Waals surface area contributed by atoms with Gasteiger partial charge in [0.1, 0.15) is 30.2 Å². The lowest BCUT2D eigenvalue weighted by Crippen LogP contribution is -2.59. The van der Waals surface area contributed by atoms with E-state index < -0.39 is 71.5 Å². The number of rotatable bonds is 11. The van der Waals surface area contributed by atoms with Crippen LogP contribution in [0.1, 0.15) is 62.6 Å². The molecule has 4 atom stereocenters. The second-order valence-corrected chi connectivity index (χ2v) is 12.0. The molecule has 0 aliphatic carbocycles. The van der Waals surface area contributed by atoms with Crippen molar-refractivity contribution in [3.63, 3.8) is 0 Å². The molecule has 254 valence electrons. The average Bonchev–Trinajstić information content (AvgIpc) is 3.70. The first-order valence-electron chi connectivity index (χ1n) is 15.5. The lowest BCUT2D eigenvalue weighted by atomic mass is 9.79. The van der Waals surface area contributed by atoms with Crippen LogP contribution in [0.15, 0.2) is 54.6 Å². The van der Waals surface area contributed by atoms with Crippen LogP contribution in [0.25, 0.3) is 0 Å². The molecule has 0 N–H and O–H groups in total. The predicted molar refractivity (Wildman–Crippen MR) is 162 cm³/mol. The first-order chi connectivity index (χ1) is 22.3. The van der Waals surface area contributed by atoms with Crippen molar-refractivity contribution in [1.82, 2.24) is 9.80 Å². The number of ether oxygens (including phenoxy) is 3. The lowest BCUT2D eigenvalue weighted by molar-refractivity contribution is -0.161. The van der Waals surface area contributed by atoms with Gasteiger partial charge in [-0.05, 0) is 55.9 Å². The number of hydrogen-bond acceptors (Lipinski definition) is 8. The van der Waals surface area contributed by atoms with E-state index in [0.717, 1.165) is 31.7 Å². The van der Waals surface area contributed by atoms with Gasteiger partial charge in [-0.25, -0.2) is 4.79 Å². The standard InChI is InChI=1S/C34H39F3N2O8/c1-22(47-23(2)40)27(31(43)45-3)19-29(41)33(20-24-12-14-26(15-13-24)34(35,36)37)16-8-18-39(33)30(42)28-11-7-17-38(28)32(44)46-21-25-9-5-4-6-10-25/h4-6,9-10,12-15,22,27-28H,7-8,11,16-21H2,1-3H3/t22-,27+,28+,33?/m1/s1. The van der Waals surface area contributed by atoms with Crippen LogP contribution >= 0.6 is 0 Å². The second-order valence-electron chi connectivity index (χ2n) is 12.0. The third kappa shape index (κ3) is 8.30. The monoisotopic (exact) mass is 660 g/mol. The normalized spacial score (nSPS) is 20.8. The Morgan fingerprint density at radius 3 is 2.26 bits per heavy atom. The Labute approximate surface area is 271 Å². The summed E-state index contributed by atoms with van der Waals surface area (Å²) in [5.74, 6) is -3.69. The van der Waals surface area contributed by atoms with Gasteiger partial charge < -0.3 is 19.1 Å². The molecule has 4 rings (SSSR count). The SMILES string of the molecule is COC(=O)[C@@H](CC(=O)C1(Cc2ccc(C(F)(F)F)cc2)CCCN1C(=O)[C@@H]1CCCN1C(=O)OCc1ccccc1)[C@@H](C)OC(C)=O. The number of methoxy groups -OCH3 is 1. The minimum atomic E-state index is -4.57. The summed E-state index contributed by atoms with van der Waals surface area (Å²) in [6, 6.07) is 12.5. The van der Waals surface area contributed by atoms with E-state index >= 15 is 0 Å². The Balaban J connectivity index is 1.65. The summed E-state index contributed by atoms with van der Waals surface area (Å²) in [6.07, 6.45) is -5.46. The van der Waals surface area contributed by atoms with Crippen molar-refractivity contribution < 1.29 is 51.4 Å². The summed E-state index contributed by atoms with van der Waals surface area (Å²) >= 11 is 0. The number of nitrogens with zero attached hydrogens (tertiary/aromatic N) is 2. The molecule has 0 aromatic heterocycles. The number of likely N-dealkylation sites (tertiary alicyclic amines) is 2. The van der Waals surface area contributed by atoms with Crippen molar-refractivity contribution in [2.24, 2.45) is 5.92 Å². The molecule has 2 amide bonds. The van der Waals surface area contributed by atoms with E-state index in [-0.39, 0.29) is 32.5 Å². The number of carbonyl (C=O) groups excluding carboxylic acids is 5. The quantitative estimate of drug-likeness (QED) is 0.241. The van der Waals surface area contributed by atoms with Crippen LogP contribution < -0.4 is 0 Å². The molecule has 0 bridgehead atoms. The maximum Gasteiger partial charge on any atom is 0.416 e. The van der Waals surface area contributed by atoms with Crippen molar-refractivity contribution in [2.45, 2.75) is 82.8 Å². The molecular weight excluding hydrogens is 621 g/mol. The topological polar surface area (TPSA) is 120 Å². The molecule has 2 saturated heterocycles. The number of Topliss-reactive ketones (excluding diaryl/α,β-unsaturated/α-hetero) is 1. The van der Waals surface area contributed by atoms with Gasteiger partial charge in [0.2, 0.25) is 5.91 Å². The number of amides is 2. The highest BCUT2D eigenvalue weighted by atomic mass is 19.4. The molecular formula is C34H39F3N2O8. The number of carbonyl (C=O) groups is 5. The number of ketones is 1. The fraction of sp³-hybridized carbons (Fsp3) is 0.500. The van der Waals surface area contributed by atoms with Gasteiger partial charge >= 0.3 is 24.2 Å². The fourth-order valence-electron chi connectivity index (χ4n) is 6.47. The van der Waals surface area contributed by atoms with E-state index in [0.29, 0.717) is 24.8 Å². The summed E-state index contributed by atoms with van der Waals surface area (Å²) in [4.78, 5) is 69.1. The number of alkyl halides is 3. The van der Waals surface area contributed by atoms with Gasteiger partial charge in [-0.3, -0.25) is 24.1 Å². The molecule has 0 spiro atoms. The van der Waals surface area contributed by atoms with Crippen LogP contribution in [-0.4, -0.2) is 77.4 Å². The number of benzene rings is 2. The van der Waals surface area contributed by atoms with Crippen molar-refractivity contribution in [3.8, 4) is 0 Å². The van der Waals surface area contributed by atoms with Gasteiger partial charge in [0.15, 0.2) is 5.78 Å². The van der Waals surface area contributed by atoms with Gasteiger partial charge in [0, 0.05) is 32.9 Å². The molecule has 2 aromatic rings. The number of halogens is 3. The highest BCUT2D eigenvalue weighted by Gasteiger charge is 2.53. The first-order valence-corrected chi connectivity index (χ1v) is 15.5. The van der Waals surface area contributed by atoms with Crippen molar-refractivity contribution in [2.75, 3.05) is 20.2 Å². The van der Waals surface area contributed by atoms with Gasteiger partial charge in [0.05, 0.1) is 12.7 Å². The van der Waals surface area contributed by atoms with Gasteiger partial charge in [-0.15, -0.1) is 0 Å². The van der Waals surface area contributed by atoms with E-state index in [2.05, 4.69) is 0 Å². The van der Waals surface area contributed by atoms with Gasteiger partial charge in [0.25, 0.3) is 0 Å². The summed E-state index contributed by atoms with van der Waals surface area (Å²) in [6.45, 7) is 3.04. The Hall–Kier alpha value is -4.42. The fourth-order valence-corrected chi connectivity index (χ4v) is 6.47. The van der Waals surface area contributed by atoms with E-state index in [9.17, 15) is 37.1 Å². The highest BCUT2D eigenvalue weighted by molar-refractivity contribution is 5.97. The number of esters is 2. The van der Waals surface area contributed by atoms with Crippen molar-refractivity contribution in [1.29, 1.82) is 0 Å². The van der Waals surface area contributed by atoms with Crippen LogP contribution in [0.3, 0.4) is 0 Å². The number of hydrogen-bond donors (Lipinski definition) is 0. The Morgan fingerprint density at radius 1 is 0.957 bits per heavy atom. The molecule has 0 saturated carbocycles. The maximum atomic E-state index is 14.4. The molecule has 2 aliphatic rings. The Kier molecular flexibility index (Phi) is 11.3. The third-order valence-electron chi connectivity index (χ3n) is 8.86. The van der Waals surface area contributed by atoms with Crippen LogP contribution in [0.4, 0.5) is 18.0 Å². The van der Waals surface area contributed by atoms with Crippen molar-refractivity contribution >= 4 is 29.7 Å². The van der Waals surface area contributed by atoms with E-state index in [1.165, 1.54) is 28.9 Å². The zero-order chi connectivity index (χ0) is 34.4. The average molecular weight is 661 g/mol. The van der Waals surface area contributed by atoms with Crippen LogP contribution in [0, 0.1) is 5.92 Å².